The van der Waals surface area contributed by atoms with Crippen molar-refractivity contribution >= 4 is 11.7 Å². The minimum Gasteiger partial charge on any atom is -0.481 e. The Kier molecular flexibility index (Phi) is 2.13. The van der Waals surface area contributed by atoms with Crippen molar-refractivity contribution < 1.29 is 9.90 Å². The lowest BCUT2D eigenvalue weighted by atomic mass is 10.1. The molecule has 0 radical (unpaired) electrons. The van der Waals surface area contributed by atoms with Crippen LogP contribution in [0.15, 0.2) is 24.3 Å². The Morgan fingerprint density at radius 1 is 1.38 bits per heavy atom. The number of piperidine rings is 1. The maximum atomic E-state index is 10.6. The van der Waals surface area contributed by atoms with E-state index in [9.17, 15) is 4.79 Å². The number of rotatable bonds is 3. The monoisotopic (exact) mass is 217 g/mol. The van der Waals surface area contributed by atoms with Gasteiger partial charge in [0.1, 0.15) is 0 Å². The highest BCUT2D eigenvalue weighted by Gasteiger charge is 2.44. The molecule has 1 aromatic rings. The van der Waals surface area contributed by atoms with Crippen molar-refractivity contribution in [2.75, 3.05) is 18.0 Å². The Balaban J connectivity index is 1.76. The van der Waals surface area contributed by atoms with Crippen LogP contribution in [0.4, 0.5) is 5.69 Å². The van der Waals surface area contributed by atoms with Crippen LogP contribution in [-0.2, 0) is 11.2 Å². The maximum Gasteiger partial charge on any atom is 0.307 e. The van der Waals surface area contributed by atoms with Gasteiger partial charge >= 0.3 is 5.97 Å². The first-order chi connectivity index (χ1) is 7.72. The normalized spacial score (nSPS) is 26.6. The summed E-state index contributed by atoms with van der Waals surface area (Å²) < 4.78 is 0. The Morgan fingerprint density at radius 2 is 2.12 bits per heavy atom. The van der Waals surface area contributed by atoms with Crippen molar-refractivity contribution in [1.29, 1.82) is 0 Å². The van der Waals surface area contributed by atoms with E-state index in [1.54, 1.807) is 0 Å². The second-order valence-electron chi connectivity index (χ2n) is 4.90. The third-order valence-corrected chi connectivity index (χ3v) is 3.61. The fraction of sp³-hybridized carbons (Fsp3) is 0.462. The molecule has 84 valence electrons. The summed E-state index contributed by atoms with van der Waals surface area (Å²) >= 11 is 0. The van der Waals surface area contributed by atoms with Gasteiger partial charge in [-0.05, 0) is 36.0 Å². The molecule has 1 saturated heterocycles. The van der Waals surface area contributed by atoms with Crippen molar-refractivity contribution in [3.8, 4) is 0 Å². The fourth-order valence-corrected chi connectivity index (χ4v) is 2.65. The molecule has 2 aliphatic rings. The highest BCUT2D eigenvalue weighted by molar-refractivity contribution is 5.71. The van der Waals surface area contributed by atoms with Gasteiger partial charge in [-0.25, -0.2) is 0 Å². The van der Waals surface area contributed by atoms with E-state index in [-0.39, 0.29) is 6.42 Å². The van der Waals surface area contributed by atoms with Crippen molar-refractivity contribution in [2.24, 2.45) is 11.8 Å². The summed E-state index contributed by atoms with van der Waals surface area (Å²) in [4.78, 5) is 13.0. The predicted octanol–water partition coefficient (Wildman–Crippen LogP) is 1.77. The Morgan fingerprint density at radius 3 is 2.81 bits per heavy atom. The van der Waals surface area contributed by atoms with E-state index < -0.39 is 5.97 Å². The van der Waals surface area contributed by atoms with Crippen LogP contribution in [0, 0.1) is 11.8 Å². The van der Waals surface area contributed by atoms with Gasteiger partial charge in [0.15, 0.2) is 0 Å². The van der Waals surface area contributed by atoms with E-state index >= 15 is 0 Å². The first-order valence-electron chi connectivity index (χ1n) is 5.78. The molecule has 2 unspecified atom stereocenters. The molecule has 0 bridgehead atoms. The summed E-state index contributed by atoms with van der Waals surface area (Å²) in [5.41, 5.74) is 2.08. The summed E-state index contributed by atoms with van der Waals surface area (Å²) in [6.45, 7) is 2.31. The molecule has 1 aliphatic heterocycles. The van der Waals surface area contributed by atoms with Gasteiger partial charge in [-0.1, -0.05) is 12.1 Å². The Hall–Kier alpha value is -1.51. The number of carboxylic acids is 1. The van der Waals surface area contributed by atoms with Crippen LogP contribution in [0.2, 0.25) is 0 Å². The van der Waals surface area contributed by atoms with Crippen LogP contribution < -0.4 is 4.90 Å². The van der Waals surface area contributed by atoms with Crippen LogP contribution >= 0.6 is 0 Å². The number of fused-ring (bicyclic) bond motifs is 1. The number of aliphatic carboxylic acids is 1. The fourth-order valence-electron chi connectivity index (χ4n) is 2.65. The minimum absolute atomic E-state index is 0.120. The molecule has 0 amide bonds. The third-order valence-electron chi connectivity index (χ3n) is 3.61. The van der Waals surface area contributed by atoms with Crippen molar-refractivity contribution in [2.45, 2.75) is 12.8 Å². The van der Waals surface area contributed by atoms with Gasteiger partial charge in [0.05, 0.1) is 6.42 Å². The molecule has 1 saturated carbocycles. The van der Waals surface area contributed by atoms with E-state index in [0.29, 0.717) is 0 Å². The van der Waals surface area contributed by atoms with Gasteiger partial charge in [0.2, 0.25) is 0 Å². The maximum absolute atomic E-state index is 10.6. The van der Waals surface area contributed by atoms with E-state index in [2.05, 4.69) is 11.0 Å². The van der Waals surface area contributed by atoms with E-state index in [1.807, 2.05) is 18.2 Å². The molecular formula is C13H15NO2. The molecule has 1 N–H and O–H groups in total. The molecule has 3 heteroatoms. The smallest absolute Gasteiger partial charge is 0.307 e. The SMILES string of the molecule is O=C(O)Cc1cccc(N2CC3CC3C2)c1. The number of hydrogen-bond acceptors (Lipinski definition) is 2. The summed E-state index contributed by atoms with van der Waals surface area (Å²) in [7, 11) is 0. The lowest BCUT2D eigenvalue weighted by molar-refractivity contribution is -0.136. The van der Waals surface area contributed by atoms with Gasteiger partial charge in [-0.2, -0.15) is 0 Å². The average Bonchev–Trinajstić information content (AvgIpc) is 2.85. The molecule has 1 heterocycles. The van der Waals surface area contributed by atoms with Gasteiger partial charge in [-0.15, -0.1) is 0 Å². The molecule has 1 aromatic carbocycles. The van der Waals surface area contributed by atoms with E-state index in [1.165, 1.54) is 12.1 Å². The number of hydrogen-bond donors (Lipinski definition) is 1. The van der Waals surface area contributed by atoms with Crippen LogP contribution in [-0.4, -0.2) is 24.2 Å². The topological polar surface area (TPSA) is 40.5 Å². The van der Waals surface area contributed by atoms with Crippen LogP contribution in [0.3, 0.4) is 0 Å². The standard InChI is InChI=1S/C13H15NO2/c15-13(16)5-9-2-1-3-12(4-9)14-7-10-6-11(10)8-14/h1-4,10-11H,5-8H2,(H,15,16). The lowest BCUT2D eigenvalue weighted by Crippen LogP contribution is -2.21. The second-order valence-corrected chi connectivity index (χ2v) is 4.90. The molecule has 2 atom stereocenters. The summed E-state index contributed by atoms with van der Waals surface area (Å²) in [5.74, 6) is 1.05. The largest absolute Gasteiger partial charge is 0.481 e. The predicted molar refractivity (Wildman–Crippen MR) is 61.6 cm³/mol. The summed E-state index contributed by atoms with van der Waals surface area (Å²) in [6, 6.07) is 7.93. The first-order valence-corrected chi connectivity index (χ1v) is 5.78. The molecule has 3 nitrogen and oxygen atoms in total. The molecule has 1 aliphatic carbocycles. The molecule has 2 fully saturated rings. The van der Waals surface area contributed by atoms with Crippen molar-refractivity contribution in [3.63, 3.8) is 0 Å². The van der Waals surface area contributed by atoms with Gasteiger partial charge in [-0.3, -0.25) is 4.79 Å². The minimum atomic E-state index is -0.763. The first kappa shape index (κ1) is 9.70. The molecule has 16 heavy (non-hydrogen) atoms. The summed E-state index contributed by atoms with van der Waals surface area (Å²) in [6.07, 6.45) is 1.51. The number of benzene rings is 1. The van der Waals surface area contributed by atoms with Crippen LogP contribution in [0.5, 0.6) is 0 Å². The zero-order chi connectivity index (χ0) is 11.1. The molecule has 0 spiro atoms. The number of nitrogens with zero attached hydrogens (tertiary/aromatic N) is 1. The van der Waals surface area contributed by atoms with E-state index in [0.717, 1.165) is 30.5 Å². The van der Waals surface area contributed by atoms with Gasteiger partial charge < -0.3 is 10.0 Å². The highest BCUT2D eigenvalue weighted by Crippen LogP contribution is 2.46. The molecular weight excluding hydrogens is 202 g/mol. The Bertz CT molecular complexity index is 420. The highest BCUT2D eigenvalue weighted by atomic mass is 16.4. The summed E-state index contributed by atoms with van der Waals surface area (Å²) in [5, 5.41) is 8.76. The second kappa shape index (κ2) is 3.51. The number of carboxylic acid groups (broad SMARTS) is 1. The van der Waals surface area contributed by atoms with Crippen LogP contribution in [0.25, 0.3) is 0 Å². The van der Waals surface area contributed by atoms with Crippen molar-refractivity contribution in [3.05, 3.63) is 29.8 Å². The Labute approximate surface area is 94.7 Å². The quantitative estimate of drug-likeness (QED) is 0.838. The molecule has 0 aromatic heterocycles. The average molecular weight is 217 g/mol. The third kappa shape index (κ3) is 1.77. The molecule has 3 rings (SSSR count). The zero-order valence-corrected chi connectivity index (χ0v) is 9.10. The van der Waals surface area contributed by atoms with Crippen LogP contribution in [0.1, 0.15) is 12.0 Å². The number of carbonyl (C=O) groups is 1. The van der Waals surface area contributed by atoms with Gasteiger partial charge in [0, 0.05) is 18.8 Å². The van der Waals surface area contributed by atoms with E-state index in [4.69, 9.17) is 5.11 Å². The lowest BCUT2D eigenvalue weighted by Gasteiger charge is -2.20. The van der Waals surface area contributed by atoms with Crippen molar-refractivity contribution in [1.82, 2.24) is 0 Å². The zero-order valence-electron chi connectivity index (χ0n) is 9.10. The number of anilines is 1. The van der Waals surface area contributed by atoms with Gasteiger partial charge in [0.25, 0.3) is 0 Å².